The molecule has 0 aliphatic carbocycles. The molecular formula is C10H17NO3S. The van der Waals surface area contributed by atoms with Crippen LogP contribution in [-0.4, -0.2) is 27.2 Å². The van der Waals surface area contributed by atoms with Gasteiger partial charge >= 0.3 is 0 Å². The van der Waals surface area contributed by atoms with Crippen molar-refractivity contribution in [3.05, 3.63) is 29.8 Å². The van der Waals surface area contributed by atoms with Crippen LogP contribution >= 0.6 is 0 Å². The van der Waals surface area contributed by atoms with Crippen molar-refractivity contribution in [3.8, 4) is 0 Å². The van der Waals surface area contributed by atoms with Gasteiger partial charge in [0.15, 0.2) is 0 Å². The molecular weight excluding hydrogens is 214 g/mol. The second kappa shape index (κ2) is 7.39. The second-order valence-electron chi connectivity index (χ2n) is 3.11. The Balaban J connectivity index is 0.00000196. The summed E-state index contributed by atoms with van der Waals surface area (Å²) in [5, 5.41) is 8.57. The van der Waals surface area contributed by atoms with Gasteiger partial charge in [0.25, 0.3) is 0 Å². The van der Waals surface area contributed by atoms with Crippen LogP contribution in [0.15, 0.2) is 24.3 Å². The minimum absolute atomic E-state index is 0. The molecule has 0 saturated heterocycles. The van der Waals surface area contributed by atoms with Crippen LogP contribution < -0.4 is 5.73 Å². The molecule has 0 spiro atoms. The van der Waals surface area contributed by atoms with E-state index in [1.807, 2.05) is 12.1 Å². The van der Waals surface area contributed by atoms with E-state index in [4.69, 9.17) is 10.8 Å². The molecule has 0 fully saturated rings. The van der Waals surface area contributed by atoms with Crippen molar-refractivity contribution in [2.45, 2.75) is 12.2 Å². The number of hydrogen-bond acceptors (Lipinski definition) is 3. The highest BCUT2D eigenvalue weighted by Crippen LogP contribution is 2.08. The summed E-state index contributed by atoms with van der Waals surface area (Å²) in [4.78, 5) is 0. The molecule has 1 aromatic rings. The largest absolute Gasteiger partial charge is 0.412 e. The van der Waals surface area contributed by atoms with Crippen molar-refractivity contribution >= 4 is 16.5 Å². The van der Waals surface area contributed by atoms with E-state index in [9.17, 15) is 4.21 Å². The molecule has 86 valence electrons. The lowest BCUT2D eigenvalue weighted by atomic mass is 10.2. The molecule has 15 heavy (non-hydrogen) atoms. The van der Waals surface area contributed by atoms with Crippen molar-refractivity contribution in [2.75, 3.05) is 18.1 Å². The van der Waals surface area contributed by atoms with Crippen LogP contribution in [-0.2, 0) is 16.6 Å². The predicted octanol–water partition coefficient (Wildman–Crippen LogP) is 0.0752. The third-order valence-corrected chi connectivity index (χ3v) is 3.24. The lowest BCUT2D eigenvalue weighted by Gasteiger charge is -2.01. The van der Waals surface area contributed by atoms with Gasteiger partial charge in [-0.25, -0.2) is 0 Å². The molecule has 5 heteroatoms. The van der Waals surface area contributed by atoms with Crippen LogP contribution in [0.1, 0.15) is 12.0 Å². The van der Waals surface area contributed by atoms with E-state index in [-0.39, 0.29) is 12.1 Å². The monoisotopic (exact) mass is 231 g/mol. The van der Waals surface area contributed by atoms with Crippen LogP contribution in [0.3, 0.4) is 0 Å². The second-order valence-corrected chi connectivity index (χ2v) is 4.68. The zero-order valence-electron chi connectivity index (χ0n) is 8.48. The van der Waals surface area contributed by atoms with E-state index in [0.717, 1.165) is 11.3 Å². The molecule has 4 nitrogen and oxygen atoms in total. The first-order valence-electron chi connectivity index (χ1n) is 4.52. The van der Waals surface area contributed by atoms with E-state index in [0.29, 0.717) is 17.9 Å². The Morgan fingerprint density at radius 3 is 2.40 bits per heavy atom. The number of nitrogen functional groups attached to an aromatic ring is 1. The first-order valence-corrected chi connectivity index (χ1v) is 6.01. The highest BCUT2D eigenvalue weighted by Gasteiger charge is 2.00. The molecule has 0 aromatic heterocycles. The Bertz CT molecular complexity index is 300. The molecule has 0 bridgehead atoms. The van der Waals surface area contributed by atoms with E-state index < -0.39 is 10.8 Å². The molecule has 0 amide bonds. The molecule has 1 unspecified atom stereocenters. The zero-order chi connectivity index (χ0) is 10.4. The molecule has 1 atom stereocenters. The van der Waals surface area contributed by atoms with Gasteiger partial charge in [-0.15, -0.1) is 0 Å². The molecule has 0 heterocycles. The van der Waals surface area contributed by atoms with Crippen molar-refractivity contribution in [1.82, 2.24) is 0 Å². The van der Waals surface area contributed by atoms with E-state index in [1.54, 1.807) is 12.1 Å². The quantitative estimate of drug-likeness (QED) is 0.702. The third-order valence-electron chi connectivity index (χ3n) is 1.84. The van der Waals surface area contributed by atoms with Gasteiger partial charge in [0.2, 0.25) is 0 Å². The number of rotatable bonds is 5. The van der Waals surface area contributed by atoms with Gasteiger partial charge in [-0.05, 0) is 24.1 Å². The predicted molar refractivity (Wildman–Crippen MR) is 62.9 cm³/mol. The molecule has 0 saturated carbocycles. The average molecular weight is 231 g/mol. The Kier molecular flexibility index (Phi) is 6.94. The standard InChI is InChI=1S/C10H15NO2S.H2O/c11-10-4-2-9(3-5-10)8-14(13)7-1-6-12;/h2-5,12H,1,6-8,11H2;1H2. The third kappa shape index (κ3) is 5.51. The van der Waals surface area contributed by atoms with Crippen LogP contribution in [0.25, 0.3) is 0 Å². The summed E-state index contributed by atoms with van der Waals surface area (Å²) in [6.45, 7) is 0.105. The number of anilines is 1. The summed E-state index contributed by atoms with van der Waals surface area (Å²) >= 11 is 0. The maximum Gasteiger partial charge on any atom is 0.0485 e. The Labute approximate surface area is 91.9 Å². The van der Waals surface area contributed by atoms with Crippen LogP contribution in [0.4, 0.5) is 5.69 Å². The first-order chi connectivity index (χ1) is 6.72. The number of hydrogen-bond donors (Lipinski definition) is 2. The Morgan fingerprint density at radius 2 is 1.87 bits per heavy atom. The number of aliphatic hydroxyl groups is 1. The van der Waals surface area contributed by atoms with E-state index >= 15 is 0 Å². The Morgan fingerprint density at radius 1 is 1.27 bits per heavy atom. The van der Waals surface area contributed by atoms with Gasteiger partial charge in [-0.3, -0.25) is 4.21 Å². The lowest BCUT2D eigenvalue weighted by molar-refractivity contribution is 0.296. The highest BCUT2D eigenvalue weighted by atomic mass is 32.2. The normalized spacial score (nSPS) is 11.8. The number of aliphatic hydroxyl groups excluding tert-OH is 1. The molecule has 1 aromatic carbocycles. The van der Waals surface area contributed by atoms with Gasteiger partial charge in [-0.2, -0.15) is 0 Å². The summed E-state index contributed by atoms with van der Waals surface area (Å²) < 4.78 is 11.4. The van der Waals surface area contributed by atoms with Crippen LogP contribution in [0.2, 0.25) is 0 Å². The molecule has 5 N–H and O–H groups in total. The zero-order valence-corrected chi connectivity index (χ0v) is 9.30. The lowest BCUT2D eigenvalue weighted by Crippen LogP contribution is -2.02. The maximum absolute atomic E-state index is 11.4. The minimum atomic E-state index is -0.878. The maximum atomic E-state index is 11.4. The van der Waals surface area contributed by atoms with Crippen molar-refractivity contribution in [1.29, 1.82) is 0 Å². The van der Waals surface area contributed by atoms with Gasteiger partial charge in [0.1, 0.15) is 0 Å². The number of nitrogens with two attached hydrogens (primary N) is 1. The number of benzene rings is 1. The fourth-order valence-electron chi connectivity index (χ4n) is 1.10. The van der Waals surface area contributed by atoms with Gasteiger partial charge < -0.3 is 16.3 Å². The average Bonchev–Trinajstić information content (AvgIpc) is 2.18. The molecule has 0 radical (unpaired) electrons. The molecule has 1 rings (SSSR count). The summed E-state index contributed by atoms with van der Waals surface area (Å²) in [7, 11) is -0.878. The van der Waals surface area contributed by atoms with Crippen molar-refractivity contribution < 1.29 is 14.8 Å². The van der Waals surface area contributed by atoms with Gasteiger partial charge in [0.05, 0.1) is 0 Å². The SMILES string of the molecule is Nc1ccc(CS(=O)CCCO)cc1.O. The minimum Gasteiger partial charge on any atom is -0.412 e. The molecule has 0 aliphatic rings. The van der Waals surface area contributed by atoms with Gasteiger partial charge in [-0.1, -0.05) is 12.1 Å². The molecule has 0 aliphatic heterocycles. The van der Waals surface area contributed by atoms with Crippen molar-refractivity contribution in [2.24, 2.45) is 0 Å². The fourth-order valence-corrected chi connectivity index (χ4v) is 2.26. The van der Waals surface area contributed by atoms with E-state index in [1.165, 1.54) is 0 Å². The van der Waals surface area contributed by atoms with Gasteiger partial charge in [0, 0.05) is 34.6 Å². The topological polar surface area (TPSA) is 94.8 Å². The van der Waals surface area contributed by atoms with Crippen molar-refractivity contribution in [3.63, 3.8) is 0 Å². The fraction of sp³-hybridized carbons (Fsp3) is 0.400. The first kappa shape index (κ1) is 14.1. The summed E-state index contributed by atoms with van der Waals surface area (Å²) in [5.74, 6) is 1.10. The van der Waals surface area contributed by atoms with Crippen LogP contribution in [0, 0.1) is 0 Å². The highest BCUT2D eigenvalue weighted by molar-refractivity contribution is 7.84. The smallest absolute Gasteiger partial charge is 0.0485 e. The summed E-state index contributed by atoms with van der Waals surface area (Å²) in [5.41, 5.74) is 7.27. The van der Waals surface area contributed by atoms with Crippen LogP contribution in [0.5, 0.6) is 0 Å². The van der Waals surface area contributed by atoms with E-state index in [2.05, 4.69) is 0 Å². The summed E-state index contributed by atoms with van der Waals surface area (Å²) in [6.07, 6.45) is 0.599. The summed E-state index contributed by atoms with van der Waals surface area (Å²) in [6, 6.07) is 7.37. The Hall–Kier alpha value is -0.910.